The van der Waals surface area contributed by atoms with Gasteiger partial charge in [-0.2, -0.15) is 0 Å². The Morgan fingerprint density at radius 1 is 1.12 bits per heavy atom. The van der Waals surface area contributed by atoms with Crippen molar-refractivity contribution in [1.29, 1.82) is 0 Å². The molecule has 0 amide bonds. The van der Waals surface area contributed by atoms with Gasteiger partial charge < -0.3 is 14.3 Å². The van der Waals surface area contributed by atoms with Crippen LogP contribution in [0.15, 0.2) is 49.2 Å². The molecule has 4 aromatic heterocycles. The Balaban J connectivity index is 1.51. The first-order valence-electron chi connectivity index (χ1n) is 8.35. The first kappa shape index (κ1) is 13.5. The minimum Gasteiger partial charge on any atom is -0.369 e. The molecule has 5 heterocycles. The second-order valence-corrected chi connectivity index (χ2v) is 6.33. The van der Waals surface area contributed by atoms with Crippen LogP contribution in [0, 0.1) is 0 Å². The van der Waals surface area contributed by atoms with E-state index < -0.39 is 0 Å². The molecule has 1 fully saturated rings. The van der Waals surface area contributed by atoms with Crippen LogP contribution in [0.5, 0.6) is 0 Å². The fourth-order valence-corrected chi connectivity index (χ4v) is 3.78. The topological polar surface area (TPSA) is 62.1 Å². The molecule has 0 saturated carbocycles. The van der Waals surface area contributed by atoms with Gasteiger partial charge in [0.25, 0.3) is 0 Å². The smallest absolute Gasteiger partial charge is 0.159 e. The molecule has 1 aliphatic heterocycles. The zero-order chi connectivity index (χ0) is 15.9. The van der Waals surface area contributed by atoms with E-state index in [1.165, 1.54) is 24.2 Å². The van der Waals surface area contributed by atoms with E-state index in [0.717, 1.165) is 29.9 Å². The average Bonchev–Trinajstić information content (AvgIpc) is 3.28. The van der Waals surface area contributed by atoms with Gasteiger partial charge in [0, 0.05) is 43.3 Å². The second-order valence-electron chi connectivity index (χ2n) is 6.33. The van der Waals surface area contributed by atoms with E-state index in [2.05, 4.69) is 53.6 Å². The standard InChI is InChI=1S/C18H18N6/c1-2-9-24-15(10-20-16(24)5-1)13-4-3-8-23(11-13)14-6-7-19-18-17(14)21-12-22-18/h1-2,5-7,9-10,12-13H,3-4,8,11H2,(H,19,21,22). The van der Waals surface area contributed by atoms with E-state index in [4.69, 9.17) is 0 Å². The highest BCUT2D eigenvalue weighted by Crippen LogP contribution is 2.32. The number of piperidine rings is 1. The quantitative estimate of drug-likeness (QED) is 0.617. The van der Waals surface area contributed by atoms with Crippen molar-refractivity contribution >= 4 is 22.5 Å². The first-order valence-corrected chi connectivity index (χ1v) is 8.35. The summed E-state index contributed by atoms with van der Waals surface area (Å²) in [6, 6.07) is 8.22. The van der Waals surface area contributed by atoms with Gasteiger partial charge in [0.2, 0.25) is 0 Å². The molecule has 0 aromatic carbocycles. The summed E-state index contributed by atoms with van der Waals surface area (Å²) in [6.07, 6.45) is 10.1. The molecule has 6 nitrogen and oxygen atoms in total. The summed E-state index contributed by atoms with van der Waals surface area (Å²) in [7, 11) is 0. The Hall–Kier alpha value is -2.89. The summed E-state index contributed by atoms with van der Waals surface area (Å²) in [5.41, 5.74) is 5.28. The minimum atomic E-state index is 0.471. The Bertz CT molecular complexity index is 1000. The van der Waals surface area contributed by atoms with Gasteiger partial charge >= 0.3 is 0 Å². The van der Waals surface area contributed by atoms with Crippen LogP contribution in [0.4, 0.5) is 5.69 Å². The molecule has 1 aliphatic rings. The highest BCUT2D eigenvalue weighted by atomic mass is 15.2. The monoisotopic (exact) mass is 318 g/mol. The van der Waals surface area contributed by atoms with Crippen LogP contribution in [0.25, 0.3) is 16.8 Å². The van der Waals surface area contributed by atoms with Crippen molar-refractivity contribution in [2.75, 3.05) is 18.0 Å². The number of pyridine rings is 2. The maximum atomic E-state index is 4.55. The van der Waals surface area contributed by atoms with E-state index in [0.29, 0.717) is 5.92 Å². The number of aromatic nitrogens is 5. The largest absolute Gasteiger partial charge is 0.369 e. The molecule has 0 radical (unpaired) electrons. The van der Waals surface area contributed by atoms with Crippen LogP contribution in [0.2, 0.25) is 0 Å². The third-order valence-electron chi connectivity index (χ3n) is 4.92. The Morgan fingerprint density at radius 2 is 2.12 bits per heavy atom. The number of hydrogen-bond acceptors (Lipinski definition) is 4. The predicted molar refractivity (Wildman–Crippen MR) is 93.3 cm³/mol. The van der Waals surface area contributed by atoms with Gasteiger partial charge in [-0.25, -0.2) is 15.0 Å². The Kier molecular flexibility index (Phi) is 3.01. The molecule has 120 valence electrons. The number of H-pyrrole nitrogens is 1. The molecule has 0 aliphatic carbocycles. The lowest BCUT2D eigenvalue weighted by Crippen LogP contribution is -2.35. The lowest BCUT2D eigenvalue weighted by Gasteiger charge is -2.34. The number of nitrogens with zero attached hydrogens (tertiary/aromatic N) is 5. The van der Waals surface area contributed by atoms with Crippen LogP contribution in [0.1, 0.15) is 24.5 Å². The van der Waals surface area contributed by atoms with Crippen LogP contribution in [-0.2, 0) is 0 Å². The summed E-state index contributed by atoms with van der Waals surface area (Å²) < 4.78 is 2.21. The number of nitrogens with one attached hydrogen (secondary N) is 1. The van der Waals surface area contributed by atoms with Crippen molar-refractivity contribution in [2.24, 2.45) is 0 Å². The summed E-state index contributed by atoms with van der Waals surface area (Å²) >= 11 is 0. The average molecular weight is 318 g/mol. The molecule has 24 heavy (non-hydrogen) atoms. The van der Waals surface area contributed by atoms with Crippen molar-refractivity contribution in [3.05, 3.63) is 54.9 Å². The third-order valence-corrected chi connectivity index (χ3v) is 4.92. The number of hydrogen-bond donors (Lipinski definition) is 1. The molecular formula is C18H18N6. The van der Waals surface area contributed by atoms with Crippen LogP contribution in [0.3, 0.4) is 0 Å². The normalized spacial score (nSPS) is 18.5. The zero-order valence-electron chi connectivity index (χ0n) is 13.3. The molecule has 1 N–H and O–H groups in total. The van der Waals surface area contributed by atoms with Crippen LogP contribution in [-0.4, -0.2) is 37.4 Å². The highest BCUT2D eigenvalue weighted by molar-refractivity contribution is 5.85. The fraction of sp³-hybridized carbons (Fsp3) is 0.278. The molecular weight excluding hydrogens is 300 g/mol. The van der Waals surface area contributed by atoms with Crippen molar-refractivity contribution in [3.8, 4) is 0 Å². The molecule has 0 bridgehead atoms. The first-order chi connectivity index (χ1) is 11.9. The van der Waals surface area contributed by atoms with E-state index in [1.807, 2.05) is 18.5 Å². The van der Waals surface area contributed by atoms with Gasteiger partial charge in [0.15, 0.2) is 5.65 Å². The molecule has 5 rings (SSSR count). The van der Waals surface area contributed by atoms with E-state index in [1.54, 1.807) is 6.33 Å². The predicted octanol–water partition coefficient (Wildman–Crippen LogP) is 2.99. The fourth-order valence-electron chi connectivity index (χ4n) is 3.78. The van der Waals surface area contributed by atoms with Gasteiger partial charge in [-0.1, -0.05) is 6.07 Å². The van der Waals surface area contributed by atoms with Gasteiger partial charge in [-0.05, 0) is 31.0 Å². The van der Waals surface area contributed by atoms with Gasteiger partial charge in [0.1, 0.15) is 11.2 Å². The SMILES string of the molecule is c1ccn2c(C3CCCN(c4ccnc5[nH]cnc45)C3)cnc2c1. The summed E-state index contributed by atoms with van der Waals surface area (Å²) in [5.74, 6) is 0.471. The van der Waals surface area contributed by atoms with Gasteiger partial charge in [0.05, 0.1) is 12.0 Å². The minimum absolute atomic E-state index is 0.471. The van der Waals surface area contributed by atoms with Crippen molar-refractivity contribution in [1.82, 2.24) is 24.3 Å². The summed E-state index contributed by atoms with van der Waals surface area (Å²) in [5, 5.41) is 0. The number of fused-ring (bicyclic) bond motifs is 2. The number of aromatic amines is 1. The molecule has 4 aromatic rings. The number of rotatable bonds is 2. The molecule has 1 unspecified atom stereocenters. The molecule has 6 heteroatoms. The second kappa shape index (κ2) is 5.33. The highest BCUT2D eigenvalue weighted by Gasteiger charge is 2.25. The van der Waals surface area contributed by atoms with Gasteiger partial charge in [-0.3, -0.25) is 0 Å². The molecule has 1 atom stereocenters. The molecule has 0 spiro atoms. The summed E-state index contributed by atoms with van der Waals surface area (Å²) in [4.78, 5) is 18.9. The van der Waals surface area contributed by atoms with Crippen molar-refractivity contribution in [2.45, 2.75) is 18.8 Å². The Morgan fingerprint density at radius 3 is 3.12 bits per heavy atom. The van der Waals surface area contributed by atoms with E-state index in [9.17, 15) is 0 Å². The Labute approximate surface area is 139 Å². The maximum Gasteiger partial charge on any atom is 0.159 e. The van der Waals surface area contributed by atoms with Crippen LogP contribution < -0.4 is 4.90 Å². The lowest BCUT2D eigenvalue weighted by molar-refractivity contribution is 0.500. The van der Waals surface area contributed by atoms with Crippen molar-refractivity contribution in [3.63, 3.8) is 0 Å². The number of imidazole rings is 2. The van der Waals surface area contributed by atoms with E-state index in [-0.39, 0.29) is 0 Å². The zero-order valence-corrected chi connectivity index (χ0v) is 13.3. The maximum absolute atomic E-state index is 4.55. The summed E-state index contributed by atoms with van der Waals surface area (Å²) in [6.45, 7) is 2.04. The lowest BCUT2D eigenvalue weighted by atomic mass is 9.94. The third kappa shape index (κ3) is 2.06. The van der Waals surface area contributed by atoms with Crippen molar-refractivity contribution < 1.29 is 0 Å². The molecule has 1 saturated heterocycles. The van der Waals surface area contributed by atoms with E-state index >= 15 is 0 Å². The van der Waals surface area contributed by atoms with Crippen LogP contribution >= 0.6 is 0 Å². The number of anilines is 1. The van der Waals surface area contributed by atoms with Gasteiger partial charge in [-0.15, -0.1) is 0 Å².